The van der Waals surface area contributed by atoms with Gasteiger partial charge < -0.3 is 15.7 Å². The number of oxime groups is 1. The summed E-state index contributed by atoms with van der Waals surface area (Å²) in [6, 6.07) is 5.91. The number of ether oxygens (including phenoxy) is 1. The van der Waals surface area contributed by atoms with Crippen LogP contribution in [0.25, 0.3) is 0 Å². The summed E-state index contributed by atoms with van der Waals surface area (Å²) in [5.74, 6) is -0.0293. The van der Waals surface area contributed by atoms with E-state index in [0.29, 0.717) is 0 Å². The quantitative estimate of drug-likeness (QED) is 0.271. The van der Waals surface area contributed by atoms with E-state index in [1.54, 1.807) is 12.1 Å². The monoisotopic (exact) mass is 311 g/mol. The third-order valence-corrected chi connectivity index (χ3v) is 3.91. The lowest BCUT2D eigenvalue weighted by molar-refractivity contribution is 0.318. The fraction of sp³-hybridized carbons (Fsp3) is 0.0909. The number of nitrogens with one attached hydrogen (secondary N) is 2. The maximum absolute atomic E-state index is 12.2. The van der Waals surface area contributed by atoms with Gasteiger partial charge >= 0.3 is 0 Å². The van der Waals surface area contributed by atoms with Gasteiger partial charge in [0.05, 0.1) is 13.3 Å². The number of benzene rings is 1. The van der Waals surface area contributed by atoms with Crippen LogP contribution in [0.1, 0.15) is 5.56 Å². The Bertz CT molecular complexity index is 755. The molecule has 1 aromatic carbocycles. The number of rotatable bonds is 5. The van der Waals surface area contributed by atoms with Crippen LogP contribution < -0.4 is 15.2 Å². The van der Waals surface area contributed by atoms with Gasteiger partial charge in [-0.25, -0.2) is 0 Å². The standard InChI is InChI=1S/C11H13N5O4S/c1-20-8-4-2-3-7(11(12)15-17)10(8)16-21(18,19)9-5-6-13-14-9/h2-6,16-17H,1H3,(H2,12,15)(H,13,14). The molecule has 0 radical (unpaired) electrons. The van der Waals surface area contributed by atoms with Crippen LogP contribution in [0.4, 0.5) is 5.69 Å². The molecule has 9 nitrogen and oxygen atoms in total. The van der Waals surface area contributed by atoms with Crippen molar-refractivity contribution < 1.29 is 18.4 Å². The lowest BCUT2D eigenvalue weighted by atomic mass is 10.1. The van der Waals surface area contributed by atoms with Gasteiger partial charge in [0.1, 0.15) is 11.4 Å². The Morgan fingerprint density at radius 3 is 2.81 bits per heavy atom. The number of aromatic amines is 1. The Labute approximate surface area is 120 Å². The van der Waals surface area contributed by atoms with Crippen molar-refractivity contribution in [3.63, 3.8) is 0 Å². The number of aromatic nitrogens is 2. The first-order valence-electron chi connectivity index (χ1n) is 5.66. The normalized spacial score (nSPS) is 12.1. The van der Waals surface area contributed by atoms with Crippen molar-refractivity contribution in [1.82, 2.24) is 10.2 Å². The Morgan fingerprint density at radius 2 is 2.24 bits per heavy atom. The summed E-state index contributed by atoms with van der Waals surface area (Å²) in [6.07, 6.45) is 1.31. The molecule has 0 amide bonds. The number of nitrogens with two attached hydrogens (primary N) is 1. The number of methoxy groups -OCH3 is 1. The summed E-state index contributed by atoms with van der Waals surface area (Å²) in [6.45, 7) is 0. The van der Waals surface area contributed by atoms with Crippen LogP contribution >= 0.6 is 0 Å². The molecule has 2 rings (SSSR count). The average molecular weight is 311 g/mol. The van der Waals surface area contributed by atoms with E-state index in [4.69, 9.17) is 15.7 Å². The SMILES string of the molecule is COc1cccc(/C(N)=N/O)c1NS(=O)(=O)c1ccn[nH]1. The van der Waals surface area contributed by atoms with Gasteiger partial charge in [0.15, 0.2) is 10.9 Å². The van der Waals surface area contributed by atoms with Crippen molar-refractivity contribution in [2.24, 2.45) is 10.9 Å². The van der Waals surface area contributed by atoms with Crippen LogP contribution in [0.15, 0.2) is 40.6 Å². The molecule has 0 saturated carbocycles. The second-order valence-corrected chi connectivity index (χ2v) is 5.55. The first kappa shape index (κ1) is 14.7. The number of nitrogens with zero attached hydrogens (tertiary/aromatic N) is 2. The summed E-state index contributed by atoms with van der Waals surface area (Å²) in [4.78, 5) is 0. The summed E-state index contributed by atoms with van der Waals surface area (Å²) in [7, 11) is -2.53. The van der Waals surface area contributed by atoms with Crippen LogP contribution in [0, 0.1) is 0 Å². The van der Waals surface area contributed by atoms with Crippen LogP contribution in [0.5, 0.6) is 5.75 Å². The van der Waals surface area contributed by atoms with Gasteiger partial charge in [0, 0.05) is 5.56 Å². The molecule has 0 unspecified atom stereocenters. The molecule has 10 heteroatoms. The fourth-order valence-electron chi connectivity index (χ4n) is 1.66. The van der Waals surface area contributed by atoms with E-state index in [1.165, 1.54) is 25.4 Å². The van der Waals surface area contributed by atoms with E-state index in [-0.39, 0.29) is 27.9 Å². The zero-order chi connectivity index (χ0) is 15.5. The van der Waals surface area contributed by atoms with Gasteiger partial charge in [-0.05, 0) is 18.2 Å². The molecule has 1 heterocycles. The second kappa shape index (κ2) is 5.71. The first-order chi connectivity index (χ1) is 9.99. The molecule has 0 fully saturated rings. The fourth-order valence-corrected chi connectivity index (χ4v) is 2.66. The highest BCUT2D eigenvalue weighted by Gasteiger charge is 2.21. The summed E-state index contributed by atoms with van der Waals surface area (Å²) in [5.41, 5.74) is 5.79. The van der Waals surface area contributed by atoms with E-state index in [2.05, 4.69) is 20.1 Å². The van der Waals surface area contributed by atoms with E-state index < -0.39 is 10.0 Å². The molecule has 0 aliphatic carbocycles. The number of para-hydroxylation sites is 1. The molecule has 21 heavy (non-hydrogen) atoms. The van der Waals surface area contributed by atoms with Crippen molar-refractivity contribution in [2.45, 2.75) is 5.03 Å². The maximum atomic E-state index is 12.2. The number of anilines is 1. The van der Waals surface area contributed by atoms with Gasteiger partial charge in [0.25, 0.3) is 10.0 Å². The average Bonchev–Trinajstić information content (AvgIpc) is 3.01. The van der Waals surface area contributed by atoms with E-state index in [0.717, 1.165) is 0 Å². The van der Waals surface area contributed by atoms with Crippen molar-refractivity contribution in [3.05, 3.63) is 36.0 Å². The van der Waals surface area contributed by atoms with Crippen LogP contribution in [-0.4, -0.2) is 36.8 Å². The Morgan fingerprint density at radius 1 is 1.48 bits per heavy atom. The van der Waals surface area contributed by atoms with Crippen LogP contribution in [0.3, 0.4) is 0 Å². The molecular weight excluding hydrogens is 298 g/mol. The van der Waals surface area contributed by atoms with E-state index >= 15 is 0 Å². The highest BCUT2D eigenvalue weighted by atomic mass is 32.2. The minimum absolute atomic E-state index is 0.0601. The molecular formula is C11H13N5O4S. The number of H-pyrrole nitrogens is 1. The Balaban J connectivity index is 2.53. The largest absolute Gasteiger partial charge is 0.495 e. The molecule has 1 aromatic heterocycles. The number of amidine groups is 1. The smallest absolute Gasteiger partial charge is 0.278 e. The van der Waals surface area contributed by atoms with E-state index in [9.17, 15) is 8.42 Å². The van der Waals surface area contributed by atoms with E-state index in [1.807, 2.05) is 0 Å². The minimum Gasteiger partial charge on any atom is -0.495 e. The van der Waals surface area contributed by atoms with Crippen molar-refractivity contribution >= 4 is 21.5 Å². The third kappa shape index (κ3) is 2.89. The zero-order valence-corrected chi connectivity index (χ0v) is 11.8. The van der Waals surface area contributed by atoms with Gasteiger partial charge in [0.2, 0.25) is 0 Å². The summed E-state index contributed by atoms with van der Waals surface area (Å²) in [5, 5.41) is 17.5. The first-order valence-corrected chi connectivity index (χ1v) is 7.15. The molecule has 0 saturated heterocycles. The molecule has 0 spiro atoms. The molecule has 5 N–H and O–H groups in total. The topological polar surface area (TPSA) is 143 Å². The van der Waals surface area contributed by atoms with Crippen LogP contribution in [-0.2, 0) is 10.0 Å². The Hall–Kier alpha value is -2.75. The third-order valence-electron chi connectivity index (χ3n) is 2.63. The highest BCUT2D eigenvalue weighted by molar-refractivity contribution is 7.92. The Kier molecular flexibility index (Phi) is 3.98. The van der Waals surface area contributed by atoms with Gasteiger partial charge in [-0.15, -0.1) is 0 Å². The molecule has 0 aliphatic heterocycles. The molecule has 0 bridgehead atoms. The molecule has 0 aliphatic rings. The number of hydrogen-bond donors (Lipinski definition) is 4. The van der Waals surface area contributed by atoms with Crippen molar-refractivity contribution in [2.75, 3.05) is 11.8 Å². The van der Waals surface area contributed by atoms with Gasteiger partial charge in [-0.2, -0.15) is 13.5 Å². The summed E-state index contributed by atoms with van der Waals surface area (Å²) < 4.78 is 31.9. The van der Waals surface area contributed by atoms with Crippen LogP contribution in [0.2, 0.25) is 0 Å². The zero-order valence-electron chi connectivity index (χ0n) is 10.9. The lowest BCUT2D eigenvalue weighted by Crippen LogP contribution is -2.20. The summed E-state index contributed by atoms with van der Waals surface area (Å²) >= 11 is 0. The minimum atomic E-state index is -3.91. The number of hydrogen-bond acceptors (Lipinski definition) is 6. The highest BCUT2D eigenvalue weighted by Crippen LogP contribution is 2.30. The molecule has 0 atom stereocenters. The van der Waals surface area contributed by atoms with Gasteiger partial charge in [-0.3, -0.25) is 9.82 Å². The number of sulfonamides is 1. The van der Waals surface area contributed by atoms with Gasteiger partial charge in [-0.1, -0.05) is 11.2 Å². The maximum Gasteiger partial charge on any atom is 0.278 e. The predicted molar refractivity (Wildman–Crippen MR) is 74.9 cm³/mol. The van der Waals surface area contributed by atoms with Crippen molar-refractivity contribution in [3.8, 4) is 5.75 Å². The lowest BCUT2D eigenvalue weighted by Gasteiger charge is -2.14. The predicted octanol–water partition coefficient (Wildman–Crippen LogP) is 0.314. The second-order valence-electron chi connectivity index (χ2n) is 3.89. The molecule has 112 valence electrons. The van der Waals surface area contributed by atoms with Crippen molar-refractivity contribution in [1.29, 1.82) is 0 Å². The molecule has 2 aromatic rings.